The summed E-state index contributed by atoms with van der Waals surface area (Å²) >= 11 is 0. The number of likely N-dealkylation sites (tertiary alicyclic amines) is 1. The van der Waals surface area contributed by atoms with E-state index in [2.05, 4.69) is 12.2 Å². The van der Waals surface area contributed by atoms with E-state index in [0.717, 1.165) is 12.0 Å². The Hall–Kier alpha value is -2.93. The molecule has 4 amide bonds. The molecule has 0 aromatic heterocycles. The van der Waals surface area contributed by atoms with Crippen LogP contribution < -0.4 is 16.8 Å². The number of nitrogens with two attached hydrogens (primary N) is 2. The molecule has 3 bridgehead atoms. The molecular weight excluding hydrogens is 554 g/mol. The van der Waals surface area contributed by atoms with Crippen LogP contribution in [0.15, 0.2) is 30.3 Å². The Morgan fingerprint density at radius 2 is 1.93 bits per heavy atom. The molecule has 4 aliphatic rings. The van der Waals surface area contributed by atoms with Gasteiger partial charge in [-0.15, -0.1) is 0 Å². The quantitative estimate of drug-likeness (QED) is 0.311. The van der Waals surface area contributed by atoms with Crippen LogP contribution in [0.5, 0.6) is 0 Å². The minimum atomic E-state index is -1.09. The molecule has 12 nitrogen and oxygen atoms in total. The molecule has 1 aromatic carbocycles. The van der Waals surface area contributed by atoms with Crippen molar-refractivity contribution in [1.29, 1.82) is 0 Å². The van der Waals surface area contributed by atoms with Crippen molar-refractivity contribution in [3.8, 4) is 0 Å². The fourth-order valence-corrected chi connectivity index (χ4v) is 7.25. The molecule has 10 atom stereocenters. The lowest BCUT2D eigenvalue weighted by atomic mass is 9.70. The number of piperidine rings is 1. The number of amides is 4. The fraction of sp³-hybridized carbons (Fsp3) is 0.710. The number of carbonyl (C=O) groups is 3. The molecule has 43 heavy (non-hydrogen) atoms. The summed E-state index contributed by atoms with van der Waals surface area (Å²) < 4.78 is 17.9. The molecule has 3 heterocycles. The maximum absolute atomic E-state index is 13.7. The van der Waals surface area contributed by atoms with E-state index >= 15 is 0 Å². The molecule has 6 N–H and O–H groups in total. The third-order valence-electron chi connectivity index (χ3n) is 9.62. The zero-order valence-electron chi connectivity index (χ0n) is 25.3. The number of nitrogens with one attached hydrogen (secondary N) is 1. The van der Waals surface area contributed by atoms with Gasteiger partial charge in [-0.2, -0.15) is 0 Å². The number of rotatable bonds is 10. The number of aliphatic hydroxyl groups excluding tert-OH is 1. The molecule has 238 valence electrons. The highest BCUT2D eigenvalue weighted by molar-refractivity contribution is 5.79. The second-order valence-corrected chi connectivity index (χ2v) is 13.2. The van der Waals surface area contributed by atoms with Gasteiger partial charge in [0, 0.05) is 37.5 Å². The number of primary amides is 1. The molecule has 3 saturated heterocycles. The molecule has 1 aromatic rings. The van der Waals surface area contributed by atoms with Crippen LogP contribution in [0.4, 0.5) is 9.59 Å². The normalized spacial score (nSPS) is 32.7. The van der Waals surface area contributed by atoms with E-state index in [1.807, 2.05) is 44.2 Å². The van der Waals surface area contributed by atoms with E-state index in [0.29, 0.717) is 44.4 Å². The van der Waals surface area contributed by atoms with Crippen molar-refractivity contribution < 1.29 is 33.7 Å². The Morgan fingerprint density at radius 1 is 1.19 bits per heavy atom. The molecule has 5 rings (SSSR count). The molecule has 1 saturated carbocycles. The van der Waals surface area contributed by atoms with Crippen LogP contribution in [-0.2, 0) is 25.4 Å². The zero-order chi connectivity index (χ0) is 30.8. The molecule has 0 spiro atoms. The van der Waals surface area contributed by atoms with Gasteiger partial charge in [0.2, 0.25) is 5.91 Å². The number of hydrogen-bond acceptors (Lipinski definition) is 8. The molecule has 12 heteroatoms. The third-order valence-corrected chi connectivity index (χ3v) is 9.62. The second kappa shape index (κ2) is 13.4. The molecular formula is C31H47N5O7. The van der Waals surface area contributed by atoms with Crippen molar-refractivity contribution in [2.45, 2.75) is 76.7 Å². The summed E-state index contributed by atoms with van der Waals surface area (Å²) in [6.45, 7) is 7.57. The van der Waals surface area contributed by atoms with E-state index in [9.17, 15) is 19.5 Å². The van der Waals surface area contributed by atoms with Gasteiger partial charge >= 0.3 is 12.1 Å². The number of carbonyl (C=O) groups excluding carboxylic acids is 3. The molecule has 0 radical (unpaired) electrons. The highest BCUT2D eigenvalue weighted by Gasteiger charge is 2.57. The smallest absolute Gasteiger partial charge is 0.407 e. The van der Waals surface area contributed by atoms with E-state index in [4.69, 9.17) is 25.7 Å². The molecule has 1 aliphatic carbocycles. The zero-order valence-corrected chi connectivity index (χ0v) is 25.3. The van der Waals surface area contributed by atoms with Gasteiger partial charge in [-0.1, -0.05) is 51.1 Å². The van der Waals surface area contributed by atoms with Crippen molar-refractivity contribution in [1.82, 2.24) is 15.1 Å². The lowest BCUT2D eigenvalue weighted by molar-refractivity contribution is -0.167. The van der Waals surface area contributed by atoms with Crippen molar-refractivity contribution >= 4 is 18.0 Å². The number of ether oxygens (including phenoxy) is 3. The second-order valence-electron chi connectivity index (χ2n) is 13.2. The van der Waals surface area contributed by atoms with Crippen LogP contribution in [0.2, 0.25) is 0 Å². The maximum Gasteiger partial charge on any atom is 0.407 e. The SMILES string of the molecule is CC(C)CN(C[C@@H](O)[C@H](Cc1ccccc1)NC(=O)OC1C2CC3C(OCC1[C@@H]3C)O2)C(=O)N1CCC(C(N)=O)C(N)C1. The van der Waals surface area contributed by atoms with Gasteiger partial charge in [0.25, 0.3) is 0 Å². The first-order valence-electron chi connectivity index (χ1n) is 15.6. The van der Waals surface area contributed by atoms with Gasteiger partial charge < -0.3 is 45.9 Å². The number of fused-ring (bicyclic) bond motifs is 2. The minimum Gasteiger partial charge on any atom is -0.443 e. The van der Waals surface area contributed by atoms with E-state index < -0.39 is 42.2 Å². The standard InChI is InChI=1S/C31H47N5O7/c1-17(2)13-36(31(40)35-10-9-20(28(33)38)23(32)14-35)15-25(37)24(11-19-7-5-4-6-8-19)34-30(39)43-27-22-16-41-29-21(18(22)3)12-26(27)42-29/h4-8,17-18,20-27,29,37H,9-16,32H2,1-3H3,(H2,33,38)(H,34,39)/t18-,20?,21?,22?,23?,24+,25-,26?,27?,29?/m1/s1. The Morgan fingerprint density at radius 3 is 2.60 bits per heavy atom. The average Bonchev–Trinajstić information content (AvgIpc) is 3.28. The molecule has 3 aliphatic heterocycles. The maximum atomic E-state index is 13.7. The van der Waals surface area contributed by atoms with Crippen LogP contribution in [0, 0.1) is 29.6 Å². The van der Waals surface area contributed by atoms with Crippen molar-refractivity contribution in [2.75, 3.05) is 32.8 Å². The minimum absolute atomic E-state index is 0.00813. The number of aliphatic hydroxyl groups is 1. The average molecular weight is 602 g/mol. The topological polar surface area (TPSA) is 170 Å². The lowest BCUT2D eigenvalue weighted by Crippen LogP contribution is -2.58. The molecule has 7 unspecified atom stereocenters. The van der Waals surface area contributed by atoms with Crippen LogP contribution in [0.3, 0.4) is 0 Å². The highest BCUT2D eigenvalue weighted by Crippen LogP contribution is 2.49. The van der Waals surface area contributed by atoms with Gasteiger partial charge in [0.1, 0.15) is 6.10 Å². The number of urea groups is 1. The van der Waals surface area contributed by atoms with Gasteiger partial charge in [-0.25, -0.2) is 9.59 Å². The van der Waals surface area contributed by atoms with Crippen molar-refractivity contribution in [3.63, 3.8) is 0 Å². The number of alkyl carbamates (subject to hydrolysis) is 1. The van der Waals surface area contributed by atoms with Gasteiger partial charge in [-0.3, -0.25) is 4.79 Å². The number of benzene rings is 1. The van der Waals surface area contributed by atoms with Crippen LogP contribution in [-0.4, -0.2) is 102 Å². The van der Waals surface area contributed by atoms with Gasteiger partial charge in [-0.05, 0) is 36.7 Å². The Bertz CT molecular complexity index is 1140. The highest BCUT2D eigenvalue weighted by atomic mass is 16.7. The molecule has 4 fully saturated rings. The summed E-state index contributed by atoms with van der Waals surface area (Å²) in [4.78, 5) is 42.0. The third kappa shape index (κ3) is 7.08. The predicted octanol–water partition coefficient (Wildman–Crippen LogP) is 1.29. The first-order chi connectivity index (χ1) is 20.5. The summed E-state index contributed by atoms with van der Waals surface area (Å²) in [5.41, 5.74) is 12.6. The summed E-state index contributed by atoms with van der Waals surface area (Å²) in [5, 5.41) is 14.5. The summed E-state index contributed by atoms with van der Waals surface area (Å²) in [5.74, 6) is -0.127. The van der Waals surface area contributed by atoms with E-state index in [-0.39, 0.29) is 43.4 Å². The van der Waals surface area contributed by atoms with Crippen LogP contribution in [0.25, 0.3) is 0 Å². The number of nitrogens with zero attached hydrogens (tertiary/aromatic N) is 2. The first-order valence-corrected chi connectivity index (χ1v) is 15.6. The van der Waals surface area contributed by atoms with E-state index in [1.54, 1.807) is 9.80 Å². The lowest BCUT2D eigenvalue weighted by Gasteiger charge is -2.42. The predicted molar refractivity (Wildman–Crippen MR) is 157 cm³/mol. The van der Waals surface area contributed by atoms with Gasteiger partial charge in [0.05, 0.1) is 37.3 Å². The Balaban J connectivity index is 1.27. The summed E-state index contributed by atoms with van der Waals surface area (Å²) in [7, 11) is 0. The first kappa shape index (κ1) is 31.5. The Kier molecular flexibility index (Phi) is 9.79. The van der Waals surface area contributed by atoms with Crippen LogP contribution >= 0.6 is 0 Å². The fourth-order valence-electron chi connectivity index (χ4n) is 7.25. The van der Waals surface area contributed by atoms with Gasteiger partial charge in [0.15, 0.2) is 6.29 Å². The Labute approximate surface area is 253 Å². The summed E-state index contributed by atoms with van der Waals surface area (Å²) in [6, 6.07) is 8.01. The van der Waals surface area contributed by atoms with Crippen LogP contribution in [0.1, 0.15) is 39.2 Å². The van der Waals surface area contributed by atoms with Crippen molar-refractivity contribution in [2.24, 2.45) is 41.1 Å². The monoisotopic (exact) mass is 601 g/mol. The van der Waals surface area contributed by atoms with Crippen molar-refractivity contribution in [3.05, 3.63) is 35.9 Å². The largest absolute Gasteiger partial charge is 0.443 e. The van der Waals surface area contributed by atoms with E-state index in [1.165, 1.54) is 0 Å². The number of hydrogen-bond donors (Lipinski definition) is 4. The summed E-state index contributed by atoms with van der Waals surface area (Å²) in [6.07, 6.45) is -1.06.